The van der Waals surface area contributed by atoms with Crippen molar-refractivity contribution in [1.82, 2.24) is 0 Å². The highest BCUT2D eigenvalue weighted by Crippen LogP contribution is 2.24. The van der Waals surface area contributed by atoms with Crippen molar-refractivity contribution < 1.29 is 19.1 Å². The Morgan fingerprint density at radius 3 is 2.56 bits per heavy atom. The minimum Gasteiger partial charge on any atom is -0.469 e. The zero-order valence-corrected chi connectivity index (χ0v) is 11.7. The minimum absolute atomic E-state index is 0.0437. The van der Waals surface area contributed by atoms with Gasteiger partial charge in [0.05, 0.1) is 20.0 Å². The van der Waals surface area contributed by atoms with E-state index < -0.39 is 11.9 Å². The number of hydrogen-bond donors (Lipinski definition) is 0. The van der Waals surface area contributed by atoms with Crippen molar-refractivity contribution in [3.8, 4) is 5.75 Å². The van der Waals surface area contributed by atoms with Gasteiger partial charge >= 0.3 is 11.9 Å². The summed E-state index contributed by atoms with van der Waals surface area (Å²) in [5.74, 6) is 0.323. The van der Waals surface area contributed by atoms with E-state index >= 15 is 0 Å². The summed E-state index contributed by atoms with van der Waals surface area (Å²) >= 11 is 1.58. The van der Waals surface area contributed by atoms with Crippen LogP contribution in [0, 0.1) is 5.92 Å². The van der Waals surface area contributed by atoms with Crippen molar-refractivity contribution in [3.05, 3.63) is 16.3 Å². The quantitative estimate of drug-likeness (QED) is 0.746. The van der Waals surface area contributed by atoms with Crippen molar-refractivity contribution >= 4 is 23.3 Å². The zero-order chi connectivity index (χ0) is 13.5. The van der Waals surface area contributed by atoms with Crippen LogP contribution in [0.5, 0.6) is 5.75 Å². The van der Waals surface area contributed by atoms with Crippen LogP contribution in [0.4, 0.5) is 0 Å². The van der Waals surface area contributed by atoms with Crippen LogP contribution in [-0.4, -0.2) is 19.0 Å². The number of thiophene rings is 1. The van der Waals surface area contributed by atoms with E-state index in [2.05, 4.69) is 18.6 Å². The lowest BCUT2D eigenvalue weighted by Crippen LogP contribution is -2.10. The molecule has 1 aromatic rings. The first-order valence-electron chi connectivity index (χ1n) is 5.86. The first-order valence-corrected chi connectivity index (χ1v) is 6.74. The van der Waals surface area contributed by atoms with Gasteiger partial charge in [0.2, 0.25) is 0 Å². The average molecular weight is 270 g/mol. The third kappa shape index (κ3) is 5.31. The maximum absolute atomic E-state index is 11.4. The molecule has 0 aliphatic carbocycles. The Kier molecular flexibility index (Phi) is 5.85. The molecule has 0 unspecified atom stereocenters. The molecule has 0 N–H and O–H groups in total. The van der Waals surface area contributed by atoms with Crippen LogP contribution in [0.2, 0.25) is 0 Å². The Hall–Kier alpha value is -1.36. The van der Waals surface area contributed by atoms with E-state index in [-0.39, 0.29) is 12.8 Å². The lowest BCUT2D eigenvalue weighted by molar-refractivity contribution is -0.144. The maximum atomic E-state index is 11.4. The molecule has 4 nitrogen and oxygen atoms in total. The third-order valence-electron chi connectivity index (χ3n) is 2.23. The fourth-order valence-corrected chi connectivity index (χ4v) is 2.41. The van der Waals surface area contributed by atoms with Gasteiger partial charge in [-0.15, -0.1) is 11.3 Å². The molecule has 5 heteroatoms. The van der Waals surface area contributed by atoms with Crippen LogP contribution in [-0.2, 0) is 20.7 Å². The van der Waals surface area contributed by atoms with Gasteiger partial charge in [-0.1, -0.05) is 13.8 Å². The van der Waals surface area contributed by atoms with E-state index in [0.29, 0.717) is 11.7 Å². The van der Waals surface area contributed by atoms with E-state index in [1.807, 2.05) is 11.4 Å². The van der Waals surface area contributed by atoms with Gasteiger partial charge in [0.15, 0.2) is 0 Å². The molecule has 0 saturated carbocycles. The van der Waals surface area contributed by atoms with Crippen LogP contribution < -0.4 is 4.74 Å². The molecule has 1 heterocycles. The summed E-state index contributed by atoms with van der Waals surface area (Å²) in [5.41, 5.74) is 0. The SMILES string of the molecule is COC(=O)CCC(=O)Oc1csc(CC(C)C)c1. The summed E-state index contributed by atoms with van der Waals surface area (Å²) in [6, 6.07) is 1.88. The van der Waals surface area contributed by atoms with Gasteiger partial charge in [0.25, 0.3) is 0 Å². The summed E-state index contributed by atoms with van der Waals surface area (Å²) < 4.78 is 9.59. The molecule has 0 atom stereocenters. The number of ether oxygens (including phenoxy) is 2. The van der Waals surface area contributed by atoms with Gasteiger partial charge in [-0.05, 0) is 18.4 Å². The molecule has 0 aliphatic rings. The molecule has 0 spiro atoms. The molecule has 1 rings (SSSR count). The van der Waals surface area contributed by atoms with Crippen molar-refractivity contribution in [3.63, 3.8) is 0 Å². The largest absolute Gasteiger partial charge is 0.469 e. The first-order chi connectivity index (χ1) is 8.51. The summed E-state index contributed by atoms with van der Waals surface area (Å²) in [6.45, 7) is 4.28. The van der Waals surface area contributed by atoms with E-state index in [1.165, 1.54) is 12.0 Å². The monoisotopic (exact) mass is 270 g/mol. The molecule has 0 aromatic carbocycles. The maximum Gasteiger partial charge on any atom is 0.311 e. The third-order valence-corrected chi connectivity index (χ3v) is 3.17. The highest BCUT2D eigenvalue weighted by Gasteiger charge is 2.10. The van der Waals surface area contributed by atoms with E-state index in [0.717, 1.165) is 6.42 Å². The Balaban J connectivity index is 2.40. The van der Waals surface area contributed by atoms with Crippen molar-refractivity contribution in [2.75, 3.05) is 7.11 Å². The summed E-state index contributed by atoms with van der Waals surface area (Å²) in [5, 5.41) is 1.81. The van der Waals surface area contributed by atoms with Crippen LogP contribution >= 0.6 is 11.3 Å². The highest BCUT2D eigenvalue weighted by molar-refractivity contribution is 7.10. The molecular formula is C13H18O4S. The minimum atomic E-state index is -0.408. The van der Waals surface area contributed by atoms with Gasteiger partial charge in [-0.25, -0.2) is 0 Å². The van der Waals surface area contributed by atoms with Gasteiger partial charge in [-0.2, -0.15) is 0 Å². The van der Waals surface area contributed by atoms with Gasteiger partial charge in [-0.3, -0.25) is 9.59 Å². The Bertz CT molecular complexity index is 409. The number of hydrogen-bond acceptors (Lipinski definition) is 5. The summed E-state index contributed by atoms with van der Waals surface area (Å²) in [4.78, 5) is 23.5. The number of rotatable bonds is 6. The Morgan fingerprint density at radius 2 is 1.94 bits per heavy atom. The van der Waals surface area contributed by atoms with Crippen LogP contribution in [0.15, 0.2) is 11.4 Å². The molecule has 0 bridgehead atoms. The predicted octanol–water partition coefficient (Wildman–Crippen LogP) is 2.81. The fraction of sp³-hybridized carbons (Fsp3) is 0.538. The summed E-state index contributed by atoms with van der Waals surface area (Å²) in [7, 11) is 1.30. The van der Waals surface area contributed by atoms with Gasteiger partial charge < -0.3 is 9.47 Å². The molecule has 0 radical (unpaired) electrons. The second-order valence-electron chi connectivity index (χ2n) is 4.40. The Labute approximate surface area is 111 Å². The zero-order valence-electron chi connectivity index (χ0n) is 10.9. The molecule has 1 aromatic heterocycles. The smallest absolute Gasteiger partial charge is 0.311 e. The van der Waals surface area contributed by atoms with Crippen LogP contribution in [0.1, 0.15) is 31.6 Å². The molecule has 0 amide bonds. The fourth-order valence-electron chi connectivity index (χ4n) is 1.41. The number of methoxy groups -OCH3 is 1. The van der Waals surface area contributed by atoms with Crippen LogP contribution in [0.25, 0.3) is 0 Å². The molecule has 0 fully saturated rings. The highest BCUT2D eigenvalue weighted by atomic mass is 32.1. The van der Waals surface area contributed by atoms with E-state index in [1.54, 1.807) is 11.3 Å². The Morgan fingerprint density at radius 1 is 1.28 bits per heavy atom. The van der Waals surface area contributed by atoms with Gasteiger partial charge in [0.1, 0.15) is 5.75 Å². The summed E-state index contributed by atoms with van der Waals surface area (Å²) in [6.07, 6.45) is 1.07. The standard InChI is InChI=1S/C13H18O4S/c1-9(2)6-11-7-10(8-18-11)17-13(15)5-4-12(14)16-3/h7-9H,4-6H2,1-3H3. The normalized spacial score (nSPS) is 10.4. The topological polar surface area (TPSA) is 52.6 Å². The van der Waals surface area contributed by atoms with E-state index in [4.69, 9.17) is 4.74 Å². The number of carbonyl (C=O) groups is 2. The predicted molar refractivity (Wildman–Crippen MR) is 69.7 cm³/mol. The van der Waals surface area contributed by atoms with Crippen LogP contribution in [0.3, 0.4) is 0 Å². The van der Waals surface area contributed by atoms with Crippen molar-refractivity contribution in [2.45, 2.75) is 33.1 Å². The average Bonchev–Trinajstić information content (AvgIpc) is 2.72. The van der Waals surface area contributed by atoms with Crippen molar-refractivity contribution in [2.24, 2.45) is 5.92 Å². The molecule has 18 heavy (non-hydrogen) atoms. The second kappa shape index (κ2) is 7.16. The van der Waals surface area contributed by atoms with E-state index in [9.17, 15) is 9.59 Å². The molecule has 0 aliphatic heterocycles. The lowest BCUT2D eigenvalue weighted by Gasteiger charge is -2.01. The second-order valence-corrected chi connectivity index (χ2v) is 5.39. The molecule has 0 saturated heterocycles. The van der Waals surface area contributed by atoms with Gasteiger partial charge in [0, 0.05) is 10.3 Å². The van der Waals surface area contributed by atoms with Crippen molar-refractivity contribution in [1.29, 1.82) is 0 Å². The molecular weight excluding hydrogens is 252 g/mol. The first kappa shape index (κ1) is 14.7. The lowest BCUT2D eigenvalue weighted by atomic mass is 10.1. The number of esters is 2. The molecule has 100 valence electrons. The number of carbonyl (C=O) groups excluding carboxylic acids is 2.